The first-order valence-electron chi connectivity index (χ1n) is 4.74. The molecule has 0 spiro atoms. The van der Waals surface area contributed by atoms with E-state index in [2.05, 4.69) is 15.5 Å². The van der Waals surface area contributed by atoms with Crippen molar-refractivity contribution in [3.05, 3.63) is 34.9 Å². The molecule has 0 saturated heterocycles. The van der Waals surface area contributed by atoms with Gasteiger partial charge in [-0.1, -0.05) is 22.8 Å². The van der Waals surface area contributed by atoms with Crippen molar-refractivity contribution in [2.75, 3.05) is 11.1 Å². The number of para-hydroxylation sites is 1. The van der Waals surface area contributed by atoms with Crippen LogP contribution < -0.4 is 11.1 Å². The summed E-state index contributed by atoms with van der Waals surface area (Å²) in [6.07, 6.45) is 0. The van der Waals surface area contributed by atoms with Crippen LogP contribution in [0.4, 0.5) is 11.4 Å². The summed E-state index contributed by atoms with van der Waals surface area (Å²) in [5.41, 5.74) is 7.06. The Morgan fingerprint density at radius 1 is 1.50 bits per heavy atom. The Morgan fingerprint density at radius 3 is 3.00 bits per heavy atom. The van der Waals surface area contributed by atoms with Crippen molar-refractivity contribution >= 4 is 23.0 Å². The summed E-state index contributed by atoms with van der Waals surface area (Å²) in [5, 5.41) is 7.28. The average molecular weight is 239 g/mol. The number of anilines is 2. The number of nitrogen functional groups attached to an aromatic ring is 1. The maximum Gasteiger partial charge on any atom is 0.245 e. The molecular weight excluding hydrogens is 228 g/mol. The molecule has 0 atom stereocenters. The fourth-order valence-electron chi connectivity index (χ4n) is 1.27. The molecule has 0 saturated carbocycles. The second-order valence-corrected chi connectivity index (χ2v) is 3.70. The first-order chi connectivity index (χ1) is 7.66. The third-order valence-electron chi connectivity index (χ3n) is 2.05. The van der Waals surface area contributed by atoms with Gasteiger partial charge in [0.15, 0.2) is 5.82 Å². The number of halogens is 1. The molecule has 2 rings (SSSR count). The lowest BCUT2D eigenvalue weighted by Crippen LogP contribution is -2.03. The molecule has 0 aliphatic heterocycles. The maximum absolute atomic E-state index is 5.88. The number of aryl methyl sites for hydroxylation is 1. The van der Waals surface area contributed by atoms with Crippen molar-refractivity contribution in [3.8, 4) is 0 Å². The smallest absolute Gasteiger partial charge is 0.245 e. The highest BCUT2D eigenvalue weighted by Gasteiger charge is 2.05. The predicted octanol–water partition coefficient (Wildman–Crippen LogP) is 2.23. The molecule has 84 valence electrons. The Kier molecular flexibility index (Phi) is 2.96. The molecule has 0 aliphatic carbocycles. The Bertz CT molecular complexity index is 497. The van der Waals surface area contributed by atoms with Crippen LogP contribution in [0.3, 0.4) is 0 Å². The zero-order valence-corrected chi connectivity index (χ0v) is 9.45. The van der Waals surface area contributed by atoms with E-state index < -0.39 is 0 Å². The van der Waals surface area contributed by atoms with Crippen molar-refractivity contribution in [2.24, 2.45) is 0 Å². The highest BCUT2D eigenvalue weighted by molar-refractivity contribution is 6.33. The van der Waals surface area contributed by atoms with Crippen molar-refractivity contribution in [3.63, 3.8) is 0 Å². The van der Waals surface area contributed by atoms with E-state index in [4.69, 9.17) is 21.9 Å². The van der Waals surface area contributed by atoms with E-state index in [9.17, 15) is 0 Å². The molecular formula is C10H11ClN4O. The molecule has 1 aromatic carbocycles. The van der Waals surface area contributed by atoms with Crippen LogP contribution >= 0.6 is 11.6 Å². The summed E-state index contributed by atoms with van der Waals surface area (Å²) in [6, 6.07) is 5.39. The van der Waals surface area contributed by atoms with Gasteiger partial charge in [0.2, 0.25) is 5.89 Å². The standard InChI is InChI=1S/C10H11ClN4O/c1-6-14-9(16-15-6)5-13-8-4-2-3-7(11)10(8)12/h2-4,13H,5,12H2,1H3. The SMILES string of the molecule is Cc1noc(CNc2cccc(Cl)c2N)n1. The van der Waals surface area contributed by atoms with Gasteiger partial charge in [-0.25, -0.2) is 0 Å². The van der Waals surface area contributed by atoms with Crippen LogP contribution in [0.5, 0.6) is 0 Å². The third kappa shape index (κ3) is 2.25. The van der Waals surface area contributed by atoms with Crippen LogP contribution in [0.25, 0.3) is 0 Å². The predicted molar refractivity (Wildman–Crippen MR) is 62.2 cm³/mol. The largest absolute Gasteiger partial charge is 0.396 e. The van der Waals surface area contributed by atoms with Gasteiger partial charge in [0.1, 0.15) is 0 Å². The molecule has 1 aromatic heterocycles. The summed E-state index contributed by atoms with van der Waals surface area (Å²) in [4.78, 5) is 4.06. The molecule has 6 heteroatoms. The van der Waals surface area contributed by atoms with E-state index in [1.54, 1.807) is 13.0 Å². The van der Waals surface area contributed by atoms with E-state index in [0.717, 1.165) is 5.69 Å². The van der Waals surface area contributed by atoms with Crippen molar-refractivity contribution in [2.45, 2.75) is 13.5 Å². The van der Waals surface area contributed by atoms with Crippen LogP contribution in [-0.4, -0.2) is 10.1 Å². The van der Waals surface area contributed by atoms with Gasteiger partial charge in [0.25, 0.3) is 0 Å². The van der Waals surface area contributed by atoms with Crippen LogP contribution in [0.2, 0.25) is 5.02 Å². The van der Waals surface area contributed by atoms with Gasteiger partial charge in [-0.05, 0) is 19.1 Å². The summed E-state index contributed by atoms with van der Waals surface area (Å²) >= 11 is 5.88. The van der Waals surface area contributed by atoms with Crippen molar-refractivity contribution < 1.29 is 4.52 Å². The molecule has 1 heterocycles. The van der Waals surface area contributed by atoms with Crippen LogP contribution in [-0.2, 0) is 6.54 Å². The normalized spacial score (nSPS) is 10.4. The number of nitrogens with two attached hydrogens (primary N) is 1. The Morgan fingerprint density at radius 2 is 2.31 bits per heavy atom. The van der Waals surface area contributed by atoms with Crippen LogP contribution in [0, 0.1) is 6.92 Å². The number of hydrogen-bond donors (Lipinski definition) is 2. The summed E-state index contributed by atoms with van der Waals surface area (Å²) < 4.78 is 4.96. The number of rotatable bonds is 3. The number of benzene rings is 1. The fraction of sp³-hybridized carbons (Fsp3) is 0.200. The molecule has 5 nitrogen and oxygen atoms in total. The minimum absolute atomic E-state index is 0.422. The molecule has 0 unspecified atom stereocenters. The van der Waals surface area contributed by atoms with E-state index in [1.807, 2.05) is 12.1 Å². The molecule has 0 aliphatic rings. The van der Waals surface area contributed by atoms with E-state index in [-0.39, 0.29) is 0 Å². The number of hydrogen-bond acceptors (Lipinski definition) is 5. The monoisotopic (exact) mass is 238 g/mol. The second-order valence-electron chi connectivity index (χ2n) is 3.29. The number of nitrogens with zero attached hydrogens (tertiary/aromatic N) is 2. The van der Waals surface area contributed by atoms with Crippen molar-refractivity contribution in [1.29, 1.82) is 0 Å². The fourth-order valence-corrected chi connectivity index (χ4v) is 1.45. The van der Waals surface area contributed by atoms with Gasteiger partial charge in [-0.3, -0.25) is 0 Å². The summed E-state index contributed by atoms with van der Waals surface area (Å²) in [6.45, 7) is 2.19. The molecule has 0 amide bonds. The minimum Gasteiger partial charge on any atom is -0.396 e. The summed E-state index contributed by atoms with van der Waals surface area (Å²) in [7, 11) is 0. The van der Waals surface area contributed by atoms with Crippen LogP contribution in [0.1, 0.15) is 11.7 Å². The molecule has 0 fully saturated rings. The topological polar surface area (TPSA) is 77.0 Å². The number of nitrogens with one attached hydrogen (secondary N) is 1. The number of aromatic nitrogens is 2. The maximum atomic E-state index is 5.88. The zero-order valence-electron chi connectivity index (χ0n) is 8.70. The Labute approximate surface area is 97.6 Å². The molecule has 3 N–H and O–H groups in total. The first kappa shape index (κ1) is 10.8. The van der Waals surface area contributed by atoms with Gasteiger partial charge in [0, 0.05) is 0 Å². The molecule has 16 heavy (non-hydrogen) atoms. The lowest BCUT2D eigenvalue weighted by atomic mass is 10.2. The highest BCUT2D eigenvalue weighted by atomic mass is 35.5. The summed E-state index contributed by atoms with van der Waals surface area (Å²) in [5.74, 6) is 1.12. The van der Waals surface area contributed by atoms with Gasteiger partial charge in [-0.15, -0.1) is 0 Å². The van der Waals surface area contributed by atoms with Crippen molar-refractivity contribution in [1.82, 2.24) is 10.1 Å². The van der Waals surface area contributed by atoms with Crippen LogP contribution in [0.15, 0.2) is 22.7 Å². The van der Waals surface area contributed by atoms with E-state index in [0.29, 0.717) is 29.0 Å². The van der Waals surface area contributed by atoms with Gasteiger partial charge in [0.05, 0.1) is 22.9 Å². The highest BCUT2D eigenvalue weighted by Crippen LogP contribution is 2.26. The lowest BCUT2D eigenvalue weighted by molar-refractivity contribution is 0.379. The molecule has 0 bridgehead atoms. The second kappa shape index (κ2) is 4.40. The molecule has 0 radical (unpaired) electrons. The van der Waals surface area contributed by atoms with Gasteiger partial charge in [-0.2, -0.15) is 4.98 Å². The quantitative estimate of drug-likeness (QED) is 0.802. The Hall–Kier alpha value is -1.75. The van der Waals surface area contributed by atoms with Gasteiger partial charge >= 0.3 is 0 Å². The molecule has 2 aromatic rings. The first-order valence-corrected chi connectivity index (χ1v) is 5.11. The van der Waals surface area contributed by atoms with E-state index in [1.165, 1.54) is 0 Å². The van der Waals surface area contributed by atoms with Gasteiger partial charge < -0.3 is 15.6 Å². The minimum atomic E-state index is 0.422. The third-order valence-corrected chi connectivity index (χ3v) is 2.38. The zero-order chi connectivity index (χ0) is 11.5. The average Bonchev–Trinajstić information content (AvgIpc) is 2.67. The van der Waals surface area contributed by atoms with E-state index >= 15 is 0 Å². The Balaban J connectivity index is 2.07. The lowest BCUT2D eigenvalue weighted by Gasteiger charge is -2.07.